The molecule has 396 valence electrons. The minimum Gasteiger partial charge on any atom is -0.450 e. The van der Waals surface area contributed by atoms with E-state index >= 15 is 0 Å². The monoisotopic (exact) mass is 1020 g/mol. The van der Waals surface area contributed by atoms with E-state index in [1.165, 1.54) is 21.6 Å². The highest BCUT2D eigenvalue weighted by molar-refractivity contribution is 5.75. The Labute approximate surface area is 441 Å². The number of anilines is 6. The van der Waals surface area contributed by atoms with Gasteiger partial charge in [-0.1, -0.05) is 50.1 Å². The standard InChI is InChI=1S/C46H48N12O4.C9H19N.C3H8/c1-5-55(6-2)29-17-21-39-43(27-29)59-45(49-39)50-40-22-18-30(56(7-3)8-4)28-44(40)62-46(60-41-23-19-31(25-33(41)47)57-51-35-13-9-10-14-36(35)52-57)61-42-24-20-32(26-34(42)48)58-53-37-15-11-12-16-38(37)54-58;1-6-10-9(4,5)7-8(2)3;1-3-2/h9-28,45-46,49-50H,5-8,47-48H2,1-4H3;7,10H,6H2,1-5H3;3H2,1-2H3/p+1/t45-;;/m1../s1. The Hall–Kier alpha value is -8.18. The van der Waals surface area contributed by atoms with E-state index in [4.69, 9.17) is 30.4 Å². The second-order valence-corrected chi connectivity index (χ2v) is 18.9. The molecule has 75 heavy (non-hydrogen) atoms. The second-order valence-electron chi connectivity index (χ2n) is 18.9. The highest BCUT2D eigenvalue weighted by Crippen LogP contribution is 2.39. The van der Waals surface area contributed by atoms with Gasteiger partial charge in [0.2, 0.25) is 6.35 Å². The molecule has 0 spiro atoms. The highest BCUT2D eigenvalue weighted by Gasteiger charge is 2.27. The van der Waals surface area contributed by atoms with E-state index in [0.29, 0.717) is 45.7 Å². The first-order chi connectivity index (χ1) is 36.2. The lowest BCUT2D eigenvalue weighted by molar-refractivity contribution is -0.706. The average molecular weight is 1020 g/mol. The molecule has 6 aromatic carbocycles. The fraction of sp³-hybridized carbons (Fsp3) is 0.345. The fourth-order valence-corrected chi connectivity index (χ4v) is 8.73. The van der Waals surface area contributed by atoms with Gasteiger partial charge in [0.1, 0.15) is 33.4 Å². The van der Waals surface area contributed by atoms with E-state index in [-0.39, 0.29) is 5.54 Å². The van der Waals surface area contributed by atoms with Gasteiger partial charge in [0.05, 0.1) is 40.7 Å². The van der Waals surface area contributed by atoms with Crippen LogP contribution in [0.1, 0.15) is 82.6 Å². The van der Waals surface area contributed by atoms with Crippen molar-refractivity contribution in [3.63, 3.8) is 0 Å². The maximum Gasteiger partial charge on any atom is 0.406 e. The molecule has 0 fully saturated rings. The van der Waals surface area contributed by atoms with Crippen molar-refractivity contribution < 1.29 is 24.3 Å². The zero-order valence-electron chi connectivity index (χ0n) is 45.5. The van der Waals surface area contributed by atoms with Gasteiger partial charge in [-0.25, -0.2) is 0 Å². The van der Waals surface area contributed by atoms with Crippen LogP contribution < -0.4 is 56.2 Å². The third kappa shape index (κ3) is 13.9. The molecular formula is C58H76N13O4+. The van der Waals surface area contributed by atoms with Crippen molar-refractivity contribution in [3.8, 4) is 34.4 Å². The summed E-state index contributed by atoms with van der Waals surface area (Å²) in [4.78, 5) is 7.56. The molecule has 0 saturated heterocycles. The Morgan fingerprint density at radius 1 is 0.653 bits per heavy atom. The summed E-state index contributed by atoms with van der Waals surface area (Å²) >= 11 is 0. The summed E-state index contributed by atoms with van der Waals surface area (Å²) < 4.78 is 26.1. The predicted molar refractivity (Wildman–Crippen MR) is 306 cm³/mol. The first-order valence-electron chi connectivity index (χ1n) is 26.1. The van der Waals surface area contributed by atoms with Crippen LogP contribution in [0.3, 0.4) is 0 Å². The number of quaternary nitrogens is 1. The summed E-state index contributed by atoms with van der Waals surface area (Å²) in [6.45, 7) is 26.8. The number of likely N-dealkylation sites (N-methyl/N-ethyl adjacent to an activating group) is 1. The van der Waals surface area contributed by atoms with Crippen molar-refractivity contribution in [2.24, 2.45) is 0 Å². The molecule has 2 aromatic heterocycles. The molecule has 8 aromatic rings. The van der Waals surface area contributed by atoms with Crippen molar-refractivity contribution in [2.75, 3.05) is 64.6 Å². The summed E-state index contributed by atoms with van der Waals surface area (Å²) in [7, 11) is 0. The van der Waals surface area contributed by atoms with Gasteiger partial charge in [-0.2, -0.15) is 9.59 Å². The summed E-state index contributed by atoms with van der Waals surface area (Å²) in [5, 5.41) is 27.7. The van der Waals surface area contributed by atoms with Crippen LogP contribution >= 0.6 is 0 Å². The number of nitrogens with two attached hydrogens (primary N) is 3. The molecule has 0 saturated carbocycles. The molecule has 1 atom stereocenters. The second kappa shape index (κ2) is 25.2. The van der Waals surface area contributed by atoms with Crippen molar-refractivity contribution in [1.82, 2.24) is 30.0 Å². The smallest absolute Gasteiger partial charge is 0.406 e. The zero-order chi connectivity index (χ0) is 53.6. The molecule has 0 unspecified atom stereocenters. The van der Waals surface area contributed by atoms with Crippen molar-refractivity contribution in [3.05, 3.63) is 133 Å². The van der Waals surface area contributed by atoms with Crippen molar-refractivity contribution in [1.29, 1.82) is 0 Å². The number of hydrogen-bond acceptors (Lipinski definition) is 14. The van der Waals surface area contributed by atoms with Crippen LogP contribution in [-0.4, -0.2) is 81.1 Å². The molecule has 9 rings (SSSR count). The number of ether oxygens (including phenoxy) is 4. The van der Waals surface area contributed by atoms with Gasteiger partial charge in [0.25, 0.3) is 0 Å². The molecule has 17 heteroatoms. The summed E-state index contributed by atoms with van der Waals surface area (Å²) in [5.74, 6) is 1.77. The number of hydrogen-bond donors (Lipinski definition) is 5. The van der Waals surface area contributed by atoms with Crippen LogP contribution in [0, 0.1) is 0 Å². The lowest BCUT2D eigenvalue weighted by atomic mass is 10.0. The molecule has 8 N–H and O–H groups in total. The molecule has 0 aliphatic carbocycles. The Balaban J connectivity index is 0.000000562. The Morgan fingerprint density at radius 2 is 1.11 bits per heavy atom. The van der Waals surface area contributed by atoms with Crippen LogP contribution in [0.5, 0.6) is 23.0 Å². The lowest BCUT2D eigenvalue weighted by Crippen LogP contribution is -2.94. The minimum atomic E-state index is -1.40. The summed E-state index contributed by atoms with van der Waals surface area (Å²) in [5.41, 5.74) is 23.5. The van der Waals surface area contributed by atoms with Gasteiger partial charge in [0, 0.05) is 49.7 Å². The third-order valence-corrected chi connectivity index (χ3v) is 12.1. The van der Waals surface area contributed by atoms with Crippen LogP contribution in [0.15, 0.2) is 133 Å². The van der Waals surface area contributed by atoms with Gasteiger partial charge < -0.3 is 56.2 Å². The van der Waals surface area contributed by atoms with E-state index in [9.17, 15) is 0 Å². The maximum absolute atomic E-state index is 6.73. The molecule has 3 heterocycles. The highest BCUT2D eigenvalue weighted by atomic mass is 16.8. The minimum absolute atomic E-state index is 0.285. The molecule has 0 radical (unpaired) electrons. The van der Waals surface area contributed by atoms with E-state index in [0.717, 1.165) is 77.6 Å². The quantitative estimate of drug-likeness (QED) is 0.0291. The number of aromatic nitrogens is 6. The molecular weight excluding hydrogens is 943 g/mol. The van der Waals surface area contributed by atoms with E-state index in [2.05, 4.69) is 141 Å². The maximum atomic E-state index is 6.73. The van der Waals surface area contributed by atoms with Gasteiger partial charge >= 0.3 is 6.48 Å². The average Bonchev–Trinajstić information content (AvgIpc) is 4.14. The number of fused-ring (bicyclic) bond motifs is 3. The Bertz CT molecular complexity index is 2960. The van der Waals surface area contributed by atoms with E-state index in [1.807, 2.05) is 84.9 Å². The summed E-state index contributed by atoms with van der Waals surface area (Å²) in [6.07, 6.45) is 2.95. The van der Waals surface area contributed by atoms with E-state index < -0.39 is 12.8 Å². The Morgan fingerprint density at radius 3 is 1.55 bits per heavy atom. The van der Waals surface area contributed by atoms with Crippen LogP contribution in [-0.2, 0) is 0 Å². The molecule has 1 aliphatic heterocycles. The van der Waals surface area contributed by atoms with Crippen molar-refractivity contribution in [2.45, 2.75) is 101 Å². The molecule has 0 bridgehead atoms. The topological polar surface area (TPSA) is 198 Å². The Kier molecular flexibility index (Phi) is 18.3. The largest absolute Gasteiger partial charge is 0.450 e. The predicted octanol–water partition coefficient (Wildman–Crippen LogP) is 10.8. The first-order valence-corrected chi connectivity index (χ1v) is 26.1. The summed E-state index contributed by atoms with van der Waals surface area (Å²) in [6, 6.07) is 37.9. The van der Waals surface area contributed by atoms with Gasteiger partial charge in [0.15, 0.2) is 17.2 Å². The van der Waals surface area contributed by atoms with Crippen LogP contribution in [0.4, 0.5) is 34.1 Å². The van der Waals surface area contributed by atoms with Gasteiger partial charge in [-0.05, 0) is 153 Å². The number of rotatable bonds is 19. The number of nitrogens with zero attached hydrogens (tertiary/aromatic N) is 8. The lowest BCUT2D eigenvalue weighted by Gasteiger charge is -2.27. The first kappa shape index (κ1) is 54.6. The molecule has 0 amide bonds. The number of nitrogen functional groups attached to an aromatic ring is 2. The van der Waals surface area contributed by atoms with Gasteiger partial charge in [-0.3, -0.25) is 0 Å². The normalized spacial score (nSPS) is 12.6. The number of allylic oxidation sites excluding steroid dienone is 1. The zero-order valence-corrected chi connectivity index (χ0v) is 45.5. The fourth-order valence-electron chi connectivity index (χ4n) is 8.73. The van der Waals surface area contributed by atoms with Crippen molar-refractivity contribution >= 4 is 56.2 Å². The molecule has 17 nitrogen and oxygen atoms in total. The van der Waals surface area contributed by atoms with E-state index in [1.54, 1.807) is 24.3 Å². The number of nitrogens with one attached hydrogen (secondary N) is 2. The third-order valence-electron chi connectivity index (χ3n) is 12.1. The molecule has 1 aliphatic rings. The SMILES string of the molecule is CCC.CCN(CC)c1ccc(N[C@H]2Nc3ccc(N(CC)CC)cc3O2)c(OC(Oc2ccc(-n3nc4ccccc4n3)cc2N)Oc2ccc(-n3nc4ccccc4n3)cc2N)c1.CC[NH2+]C(C)(C)C=C(C)C. The van der Waals surface area contributed by atoms with Crippen LogP contribution in [0.25, 0.3) is 33.4 Å². The number of benzene rings is 6. The van der Waals surface area contributed by atoms with Crippen LogP contribution in [0.2, 0.25) is 0 Å². The van der Waals surface area contributed by atoms with Gasteiger partial charge in [-0.15, -0.1) is 20.4 Å².